The third kappa shape index (κ3) is 6.25. The number of nitrogens with one attached hydrogen (secondary N) is 1. The van der Waals surface area contributed by atoms with Gasteiger partial charge in [0.05, 0.1) is 5.56 Å². The van der Waals surface area contributed by atoms with Crippen molar-refractivity contribution < 1.29 is 14.6 Å². The van der Waals surface area contributed by atoms with E-state index in [9.17, 15) is 4.79 Å². The third-order valence-electron chi connectivity index (χ3n) is 5.71. The Morgan fingerprint density at radius 3 is 2.31 bits per heavy atom. The average Bonchev–Trinajstić information content (AvgIpc) is 2.81. The lowest BCUT2D eigenvalue weighted by Crippen LogP contribution is -2.37. The van der Waals surface area contributed by atoms with E-state index in [1.165, 1.54) is 12.8 Å². The van der Waals surface area contributed by atoms with Gasteiger partial charge in [0.15, 0.2) is 0 Å². The maximum Gasteiger partial charge on any atom is 0.335 e. The number of halogens is 1. The maximum absolute atomic E-state index is 11.0. The Labute approximate surface area is 193 Å². The van der Waals surface area contributed by atoms with E-state index in [1.807, 2.05) is 60.7 Å². The van der Waals surface area contributed by atoms with Crippen LogP contribution in [0.1, 0.15) is 28.8 Å². The molecule has 1 aliphatic heterocycles. The molecule has 0 aromatic heterocycles. The van der Waals surface area contributed by atoms with E-state index in [-0.39, 0.29) is 0 Å². The fourth-order valence-electron chi connectivity index (χ4n) is 4.01. The number of hydrogen-bond donors (Lipinski definition) is 2. The number of carbonyl (C=O) groups is 1. The first-order valence-corrected chi connectivity index (χ1v) is 11.2. The van der Waals surface area contributed by atoms with Gasteiger partial charge in [-0.25, -0.2) is 4.79 Å². The van der Waals surface area contributed by atoms with Gasteiger partial charge in [-0.3, -0.25) is 4.90 Å². The Balaban J connectivity index is 1.25. The number of ether oxygens (including phenoxy) is 1. The van der Waals surface area contributed by atoms with Crippen LogP contribution >= 0.6 is 11.6 Å². The summed E-state index contributed by atoms with van der Waals surface area (Å²) < 4.78 is 5.85. The lowest BCUT2D eigenvalue weighted by Gasteiger charge is -2.33. The lowest BCUT2D eigenvalue weighted by molar-refractivity contribution is 0.0697. The molecule has 0 amide bonds. The van der Waals surface area contributed by atoms with Crippen molar-refractivity contribution in [3.8, 4) is 11.5 Å². The molecule has 1 heterocycles. The summed E-state index contributed by atoms with van der Waals surface area (Å²) in [6.45, 7) is 3.89. The molecule has 0 saturated carbocycles. The molecule has 32 heavy (non-hydrogen) atoms. The van der Waals surface area contributed by atoms with Gasteiger partial charge < -0.3 is 15.2 Å². The van der Waals surface area contributed by atoms with Gasteiger partial charge in [-0.15, -0.1) is 0 Å². The lowest BCUT2D eigenvalue weighted by atomic mass is 9.97. The minimum absolute atomic E-state index is 0.332. The molecule has 0 aliphatic carbocycles. The molecule has 0 bridgehead atoms. The first-order valence-electron chi connectivity index (χ1n) is 10.9. The highest BCUT2D eigenvalue weighted by Gasteiger charge is 2.20. The molecule has 1 atom stereocenters. The van der Waals surface area contributed by atoms with E-state index in [0.29, 0.717) is 16.5 Å². The summed E-state index contributed by atoms with van der Waals surface area (Å²) in [5.74, 6) is 1.24. The zero-order valence-electron chi connectivity index (χ0n) is 17.8. The summed E-state index contributed by atoms with van der Waals surface area (Å²) in [6, 6.07) is 22.5. The fourth-order valence-corrected chi connectivity index (χ4v) is 4.14. The van der Waals surface area contributed by atoms with Gasteiger partial charge in [-0.2, -0.15) is 0 Å². The summed E-state index contributed by atoms with van der Waals surface area (Å²) in [7, 11) is 0. The minimum atomic E-state index is -0.884. The normalized spacial score (nSPS) is 16.5. The van der Waals surface area contributed by atoms with E-state index in [4.69, 9.17) is 21.4 Å². The number of hydrogen-bond acceptors (Lipinski definition) is 4. The van der Waals surface area contributed by atoms with Crippen molar-refractivity contribution in [3.63, 3.8) is 0 Å². The highest BCUT2D eigenvalue weighted by atomic mass is 35.5. The van der Waals surface area contributed by atoms with Crippen LogP contribution in [0.4, 0.5) is 5.69 Å². The van der Waals surface area contributed by atoms with Crippen molar-refractivity contribution in [1.29, 1.82) is 0 Å². The number of likely N-dealkylation sites (tertiary alicyclic amines) is 1. The van der Waals surface area contributed by atoms with Crippen LogP contribution in [0.25, 0.3) is 0 Å². The molecule has 0 radical (unpaired) electrons. The molecule has 2 N–H and O–H groups in total. The first kappa shape index (κ1) is 22.2. The number of piperidine rings is 1. The van der Waals surface area contributed by atoms with Gasteiger partial charge >= 0.3 is 5.97 Å². The Morgan fingerprint density at radius 1 is 1.00 bits per heavy atom. The summed E-state index contributed by atoms with van der Waals surface area (Å²) in [5, 5.41) is 13.3. The number of aromatic carboxylic acids is 1. The predicted molar refractivity (Wildman–Crippen MR) is 128 cm³/mol. The Kier molecular flexibility index (Phi) is 7.30. The van der Waals surface area contributed by atoms with Gasteiger partial charge in [-0.1, -0.05) is 23.7 Å². The van der Waals surface area contributed by atoms with Crippen LogP contribution in [0.3, 0.4) is 0 Å². The molecule has 3 aromatic carbocycles. The summed E-state index contributed by atoms with van der Waals surface area (Å²) in [4.78, 5) is 13.5. The molecular weight excluding hydrogens is 424 g/mol. The van der Waals surface area contributed by atoms with Crippen LogP contribution < -0.4 is 10.1 Å². The van der Waals surface area contributed by atoms with Crippen LogP contribution in [0.2, 0.25) is 5.02 Å². The van der Waals surface area contributed by atoms with Gasteiger partial charge in [-0.05, 0) is 91.5 Å². The van der Waals surface area contributed by atoms with E-state index < -0.39 is 5.97 Å². The van der Waals surface area contributed by atoms with Crippen LogP contribution in [0.15, 0.2) is 72.8 Å². The number of carboxylic acid groups (broad SMARTS) is 1. The van der Waals surface area contributed by atoms with E-state index in [0.717, 1.165) is 48.9 Å². The van der Waals surface area contributed by atoms with Gasteiger partial charge in [0.2, 0.25) is 0 Å². The van der Waals surface area contributed by atoms with E-state index in [2.05, 4.69) is 10.2 Å². The van der Waals surface area contributed by atoms with Crippen molar-refractivity contribution in [3.05, 3.63) is 88.9 Å². The van der Waals surface area contributed by atoms with Crippen LogP contribution in [0.5, 0.6) is 11.5 Å². The number of rotatable bonds is 8. The third-order valence-corrected chi connectivity index (χ3v) is 5.96. The van der Waals surface area contributed by atoms with Gasteiger partial charge in [0.1, 0.15) is 11.5 Å². The van der Waals surface area contributed by atoms with Crippen molar-refractivity contribution >= 4 is 23.3 Å². The van der Waals surface area contributed by atoms with E-state index in [1.54, 1.807) is 12.1 Å². The molecule has 1 aliphatic rings. The summed E-state index contributed by atoms with van der Waals surface area (Å²) >= 11 is 5.91. The molecule has 5 nitrogen and oxygen atoms in total. The molecule has 4 rings (SSSR count). The Morgan fingerprint density at radius 2 is 1.66 bits per heavy atom. The zero-order chi connectivity index (χ0) is 22.3. The Hall–Kier alpha value is -3.02. The molecule has 0 unspecified atom stereocenters. The predicted octanol–water partition coefficient (Wildman–Crippen LogP) is 6.15. The standard InChI is InChI=1S/C26H27ClN2O3/c27-22-7-11-24(12-8-22)32-25-13-9-23(10-14-25)28-16-20-2-1-15-29(18-20)17-19-3-5-21(6-4-19)26(30)31/h3-14,20,28H,1-2,15-18H2,(H,30,31)/t20-/m1/s1. The average molecular weight is 451 g/mol. The summed E-state index contributed by atoms with van der Waals surface area (Å²) in [6.07, 6.45) is 2.38. The zero-order valence-corrected chi connectivity index (χ0v) is 18.6. The fraction of sp³-hybridized carbons (Fsp3) is 0.269. The second-order valence-electron chi connectivity index (χ2n) is 8.21. The van der Waals surface area contributed by atoms with Crippen LogP contribution in [-0.4, -0.2) is 35.6 Å². The SMILES string of the molecule is O=C(O)c1ccc(CN2CCC[C@H](CNc3ccc(Oc4ccc(Cl)cc4)cc3)C2)cc1. The van der Waals surface area contributed by atoms with Crippen molar-refractivity contribution in [2.24, 2.45) is 5.92 Å². The van der Waals surface area contributed by atoms with Crippen molar-refractivity contribution in [1.82, 2.24) is 4.90 Å². The second-order valence-corrected chi connectivity index (χ2v) is 8.64. The minimum Gasteiger partial charge on any atom is -0.478 e. The maximum atomic E-state index is 11.0. The number of carboxylic acids is 1. The van der Waals surface area contributed by atoms with Gasteiger partial charge in [0, 0.05) is 30.3 Å². The van der Waals surface area contributed by atoms with Gasteiger partial charge in [0.25, 0.3) is 0 Å². The number of anilines is 1. The van der Waals surface area contributed by atoms with Crippen molar-refractivity contribution in [2.75, 3.05) is 25.0 Å². The Bertz CT molecular complexity index is 1020. The monoisotopic (exact) mass is 450 g/mol. The number of nitrogens with zero attached hydrogens (tertiary/aromatic N) is 1. The van der Waals surface area contributed by atoms with E-state index >= 15 is 0 Å². The topological polar surface area (TPSA) is 61.8 Å². The van der Waals surface area contributed by atoms with Crippen LogP contribution in [-0.2, 0) is 6.54 Å². The molecule has 1 saturated heterocycles. The summed E-state index contributed by atoms with van der Waals surface area (Å²) in [5.41, 5.74) is 2.56. The second kappa shape index (κ2) is 10.5. The van der Waals surface area contributed by atoms with Crippen molar-refractivity contribution in [2.45, 2.75) is 19.4 Å². The molecular formula is C26H27ClN2O3. The largest absolute Gasteiger partial charge is 0.478 e. The molecule has 0 spiro atoms. The quantitative estimate of drug-likeness (QED) is 0.430. The highest BCUT2D eigenvalue weighted by molar-refractivity contribution is 6.30. The van der Waals surface area contributed by atoms with Crippen LogP contribution in [0, 0.1) is 5.92 Å². The molecule has 1 fully saturated rings. The number of benzene rings is 3. The smallest absolute Gasteiger partial charge is 0.335 e. The molecule has 6 heteroatoms. The molecule has 166 valence electrons. The highest BCUT2D eigenvalue weighted by Crippen LogP contribution is 2.25. The molecule has 3 aromatic rings. The first-order chi connectivity index (χ1) is 15.5.